The molecule has 1 N–H and O–H groups in total. The lowest BCUT2D eigenvalue weighted by Gasteiger charge is -2.07. The summed E-state index contributed by atoms with van der Waals surface area (Å²) in [5.74, 6) is -0.928. The molecule has 3 heteroatoms. The van der Waals surface area contributed by atoms with Gasteiger partial charge < -0.3 is 5.11 Å². The first kappa shape index (κ1) is 11.4. The van der Waals surface area contributed by atoms with E-state index in [9.17, 15) is 9.90 Å². The first-order chi connectivity index (χ1) is 9.25. The molecular weight excluding hydrogens is 238 g/mol. The molecular formula is C16H11NO2. The van der Waals surface area contributed by atoms with Crippen molar-refractivity contribution in [3.8, 4) is 11.1 Å². The predicted octanol–water partition coefficient (Wildman–Crippen LogP) is 3.60. The second-order valence-electron chi connectivity index (χ2n) is 4.27. The number of hydrogen-bond donors (Lipinski definition) is 1. The summed E-state index contributed by atoms with van der Waals surface area (Å²) in [6, 6.07) is 16.7. The lowest BCUT2D eigenvalue weighted by Crippen LogP contribution is -1.97. The fraction of sp³-hybridized carbons (Fsp3) is 0. The fourth-order valence-corrected chi connectivity index (χ4v) is 2.15. The molecule has 0 aliphatic heterocycles. The van der Waals surface area contributed by atoms with E-state index in [-0.39, 0.29) is 5.56 Å². The number of carbonyl (C=O) groups is 1. The summed E-state index contributed by atoms with van der Waals surface area (Å²) < 4.78 is 0. The summed E-state index contributed by atoms with van der Waals surface area (Å²) in [4.78, 5) is 15.6. The van der Waals surface area contributed by atoms with Crippen LogP contribution in [0, 0.1) is 0 Å². The maximum atomic E-state index is 11.2. The summed E-state index contributed by atoms with van der Waals surface area (Å²) in [5.41, 5.74) is 2.91. The van der Waals surface area contributed by atoms with Gasteiger partial charge in [0.05, 0.1) is 11.1 Å². The van der Waals surface area contributed by atoms with Gasteiger partial charge in [0.25, 0.3) is 0 Å². The van der Waals surface area contributed by atoms with E-state index in [2.05, 4.69) is 4.98 Å². The second kappa shape index (κ2) is 4.53. The number of rotatable bonds is 2. The molecule has 3 aromatic rings. The van der Waals surface area contributed by atoms with Crippen molar-refractivity contribution in [3.63, 3.8) is 0 Å². The van der Waals surface area contributed by atoms with Gasteiger partial charge in [-0.25, -0.2) is 4.79 Å². The number of benzene rings is 2. The van der Waals surface area contributed by atoms with Gasteiger partial charge in [-0.1, -0.05) is 36.4 Å². The predicted molar refractivity (Wildman–Crippen MR) is 74.1 cm³/mol. The van der Waals surface area contributed by atoms with E-state index in [1.807, 2.05) is 42.5 Å². The smallest absolute Gasteiger partial charge is 0.335 e. The number of pyridine rings is 1. The summed E-state index contributed by atoms with van der Waals surface area (Å²) >= 11 is 0. The summed E-state index contributed by atoms with van der Waals surface area (Å²) in [6.45, 7) is 0. The first-order valence-electron chi connectivity index (χ1n) is 5.93. The van der Waals surface area contributed by atoms with Gasteiger partial charge in [-0.2, -0.15) is 0 Å². The monoisotopic (exact) mass is 249 g/mol. The van der Waals surface area contributed by atoms with Crippen LogP contribution in [0.25, 0.3) is 22.0 Å². The number of aromatic carboxylic acids is 1. The van der Waals surface area contributed by atoms with Crippen molar-refractivity contribution in [2.24, 2.45) is 0 Å². The summed E-state index contributed by atoms with van der Waals surface area (Å²) in [5, 5.41) is 10.0. The fourth-order valence-electron chi connectivity index (χ4n) is 2.15. The summed E-state index contributed by atoms with van der Waals surface area (Å²) in [7, 11) is 0. The topological polar surface area (TPSA) is 50.2 Å². The van der Waals surface area contributed by atoms with E-state index in [0.717, 1.165) is 22.0 Å². The normalized spacial score (nSPS) is 10.5. The van der Waals surface area contributed by atoms with Crippen LogP contribution in [0.4, 0.5) is 0 Å². The number of fused-ring (bicyclic) bond motifs is 1. The molecule has 92 valence electrons. The Labute approximate surface area is 110 Å². The molecule has 0 atom stereocenters. The molecule has 0 saturated heterocycles. The molecule has 3 rings (SSSR count). The van der Waals surface area contributed by atoms with Gasteiger partial charge in [-0.05, 0) is 23.8 Å². The second-order valence-corrected chi connectivity index (χ2v) is 4.27. The number of hydrogen-bond acceptors (Lipinski definition) is 2. The van der Waals surface area contributed by atoms with Crippen LogP contribution in [0.2, 0.25) is 0 Å². The molecule has 3 nitrogen and oxygen atoms in total. The molecule has 1 heterocycles. The Morgan fingerprint density at radius 3 is 2.53 bits per heavy atom. The van der Waals surface area contributed by atoms with E-state index < -0.39 is 5.97 Å². The standard InChI is InChI=1S/C16H11NO2/c18-16(19)13-9-12-7-4-8-17-15(12)14(10-13)11-5-2-1-3-6-11/h1-10H,(H,18,19). The Bertz CT molecular complexity index is 751. The highest BCUT2D eigenvalue weighted by Gasteiger charge is 2.10. The third-order valence-electron chi connectivity index (χ3n) is 3.04. The van der Waals surface area contributed by atoms with Gasteiger partial charge >= 0.3 is 5.97 Å². The quantitative estimate of drug-likeness (QED) is 0.754. The number of nitrogens with zero attached hydrogens (tertiary/aromatic N) is 1. The maximum absolute atomic E-state index is 11.2. The van der Waals surface area contributed by atoms with Gasteiger partial charge in [-0.3, -0.25) is 4.98 Å². The van der Waals surface area contributed by atoms with Crippen LogP contribution in [0.5, 0.6) is 0 Å². The van der Waals surface area contributed by atoms with Gasteiger partial charge in [0.2, 0.25) is 0 Å². The number of carboxylic acids is 1. The molecule has 0 radical (unpaired) electrons. The molecule has 0 spiro atoms. The van der Waals surface area contributed by atoms with Crippen molar-refractivity contribution >= 4 is 16.9 Å². The Balaban J connectivity index is 2.36. The Kier molecular flexibility index (Phi) is 2.72. The molecule has 0 amide bonds. The third-order valence-corrected chi connectivity index (χ3v) is 3.04. The van der Waals surface area contributed by atoms with E-state index >= 15 is 0 Å². The highest BCUT2D eigenvalue weighted by molar-refractivity contribution is 6.00. The van der Waals surface area contributed by atoms with E-state index in [0.29, 0.717) is 0 Å². The van der Waals surface area contributed by atoms with Crippen molar-refractivity contribution in [1.29, 1.82) is 0 Å². The van der Waals surface area contributed by atoms with Crippen LogP contribution >= 0.6 is 0 Å². The van der Waals surface area contributed by atoms with E-state index in [1.165, 1.54) is 0 Å². The van der Waals surface area contributed by atoms with Crippen molar-refractivity contribution in [2.45, 2.75) is 0 Å². The minimum Gasteiger partial charge on any atom is -0.478 e. The highest BCUT2D eigenvalue weighted by Crippen LogP contribution is 2.28. The van der Waals surface area contributed by atoms with Gasteiger partial charge in [0.1, 0.15) is 0 Å². The van der Waals surface area contributed by atoms with Gasteiger partial charge in [-0.15, -0.1) is 0 Å². The first-order valence-corrected chi connectivity index (χ1v) is 5.93. The zero-order chi connectivity index (χ0) is 13.2. The van der Waals surface area contributed by atoms with Gasteiger partial charge in [0.15, 0.2) is 0 Å². The Hall–Kier alpha value is -2.68. The van der Waals surface area contributed by atoms with Crippen LogP contribution < -0.4 is 0 Å². The van der Waals surface area contributed by atoms with Crippen LogP contribution in [0.3, 0.4) is 0 Å². The van der Waals surface area contributed by atoms with Crippen molar-refractivity contribution in [1.82, 2.24) is 4.98 Å². The van der Waals surface area contributed by atoms with E-state index in [4.69, 9.17) is 0 Å². The lowest BCUT2D eigenvalue weighted by atomic mass is 9.99. The van der Waals surface area contributed by atoms with Crippen LogP contribution in [-0.2, 0) is 0 Å². The van der Waals surface area contributed by atoms with Crippen molar-refractivity contribution in [3.05, 3.63) is 66.4 Å². The molecule has 2 aromatic carbocycles. The van der Waals surface area contributed by atoms with Crippen LogP contribution in [-0.4, -0.2) is 16.1 Å². The average Bonchev–Trinajstić information content (AvgIpc) is 2.47. The Morgan fingerprint density at radius 1 is 1.00 bits per heavy atom. The molecule has 0 aliphatic rings. The maximum Gasteiger partial charge on any atom is 0.335 e. The minimum absolute atomic E-state index is 0.277. The molecule has 0 aliphatic carbocycles. The summed E-state index contributed by atoms with van der Waals surface area (Å²) in [6.07, 6.45) is 1.72. The minimum atomic E-state index is -0.928. The molecule has 0 unspecified atom stereocenters. The molecule has 1 aromatic heterocycles. The largest absolute Gasteiger partial charge is 0.478 e. The highest BCUT2D eigenvalue weighted by atomic mass is 16.4. The van der Waals surface area contributed by atoms with Crippen LogP contribution in [0.15, 0.2) is 60.8 Å². The number of aromatic nitrogens is 1. The van der Waals surface area contributed by atoms with Crippen LogP contribution in [0.1, 0.15) is 10.4 Å². The van der Waals surface area contributed by atoms with E-state index in [1.54, 1.807) is 18.3 Å². The third kappa shape index (κ3) is 2.06. The molecule has 0 saturated carbocycles. The van der Waals surface area contributed by atoms with Gasteiger partial charge in [0, 0.05) is 17.1 Å². The lowest BCUT2D eigenvalue weighted by molar-refractivity contribution is 0.0697. The SMILES string of the molecule is O=C(O)c1cc(-c2ccccc2)c2ncccc2c1. The zero-order valence-electron chi connectivity index (χ0n) is 10.1. The zero-order valence-corrected chi connectivity index (χ0v) is 10.1. The Morgan fingerprint density at radius 2 is 1.79 bits per heavy atom. The molecule has 19 heavy (non-hydrogen) atoms. The number of carboxylic acid groups (broad SMARTS) is 1. The van der Waals surface area contributed by atoms with Crippen molar-refractivity contribution in [2.75, 3.05) is 0 Å². The average molecular weight is 249 g/mol. The molecule has 0 fully saturated rings. The molecule has 0 bridgehead atoms. The van der Waals surface area contributed by atoms with Crippen molar-refractivity contribution < 1.29 is 9.90 Å².